The molecule has 2 aliphatic heterocycles. The van der Waals surface area contributed by atoms with Gasteiger partial charge in [-0.3, -0.25) is 19.5 Å². The second-order valence-electron chi connectivity index (χ2n) is 9.23. The average molecular weight is 602 g/mol. The molecule has 1 aromatic heterocycles. The lowest BCUT2D eigenvalue weighted by Crippen LogP contribution is -2.40. The molecule has 2 aliphatic rings. The Morgan fingerprint density at radius 3 is 2.55 bits per heavy atom. The Morgan fingerprint density at radius 1 is 1.17 bits per heavy atom. The molecule has 0 saturated carbocycles. The van der Waals surface area contributed by atoms with E-state index in [4.69, 9.17) is 19.2 Å². The summed E-state index contributed by atoms with van der Waals surface area (Å²) in [5.41, 5.74) is 1.52. The summed E-state index contributed by atoms with van der Waals surface area (Å²) in [7, 11) is 0. The molecule has 0 amide bonds. The zero-order chi connectivity index (χ0) is 29.4. The fourth-order valence-corrected chi connectivity index (χ4v) is 6.30. The van der Waals surface area contributed by atoms with E-state index in [9.17, 15) is 19.7 Å². The molecule has 42 heavy (non-hydrogen) atoms. The number of benzene rings is 3. The molecule has 0 fully saturated rings. The van der Waals surface area contributed by atoms with Gasteiger partial charge in [-0.2, -0.15) is 0 Å². The summed E-state index contributed by atoms with van der Waals surface area (Å²) in [6.07, 6.45) is 3.42. The number of esters is 1. The first-order chi connectivity index (χ1) is 20.4. The minimum Gasteiger partial charge on any atom is -0.463 e. The Balaban J connectivity index is 1.63. The van der Waals surface area contributed by atoms with Crippen molar-refractivity contribution in [3.63, 3.8) is 0 Å². The molecule has 3 aromatic carbocycles. The van der Waals surface area contributed by atoms with Crippen LogP contribution in [0.1, 0.15) is 29.7 Å². The highest BCUT2D eigenvalue weighted by atomic mass is 32.2. The predicted octanol–water partition coefficient (Wildman–Crippen LogP) is 4.29. The third-order valence-corrected chi connectivity index (χ3v) is 8.54. The molecule has 0 spiro atoms. The van der Waals surface area contributed by atoms with Gasteiger partial charge >= 0.3 is 5.97 Å². The highest BCUT2D eigenvalue weighted by Gasteiger charge is 2.35. The summed E-state index contributed by atoms with van der Waals surface area (Å²) in [5, 5.41) is 11.9. The number of hydrogen-bond donors (Lipinski definition) is 0. The Morgan fingerprint density at radius 2 is 1.88 bits per heavy atom. The van der Waals surface area contributed by atoms with Gasteiger partial charge in [0.2, 0.25) is 6.79 Å². The van der Waals surface area contributed by atoms with Crippen LogP contribution < -0.4 is 24.4 Å². The molecule has 3 heterocycles. The Bertz CT molecular complexity index is 1930. The van der Waals surface area contributed by atoms with Crippen LogP contribution in [-0.4, -0.2) is 35.1 Å². The van der Waals surface area contributed by atoms with Crippen molar-refractivity contribution in [1.82, 2.24) is 4.57 Å². The van der Waals surface area contributed by atoms with Crippen molar-refractivity contribution >= 4 is 46.5 Å². The van der Waals surface area contributed by atoms with Gasteiger partial charge in [0.1, 0.15) is 0 Å². The van der Waals surface area contributed by atoms with Crippen molar-refractivity contribution in [2.24, 2.45) is 4.99 Å². The molecule has 4 aromatic rings. The second kappa shape index (κ2) is 11.3. The first-order valence-corrected chi connectivity index (χ1v) is 14.9. The van der Waals surface area contributed by atoms with E-state index in [1.807, 2.05) is 60.9 Å². The second-order valence-corrected chi connectivity index (χ2v) is 11.1. The fraction of sp³-hybridized carbons (Fsp3) is 0.167. The third-order valence-electron chi connectivity index (χ3n) is 6.81. The van der Waals surface area contributed by atoms with Crippen molar-refractivity contribution in [3.8, 4) is 11.5 Å². The number of nitro benzene ring substituents is 1. The zero-order valence-electron chi connectivity index (χ0n) is 22.4. The highest BCUT2D eigenvalue weighted by Crippen LogP contribution is 2.39. The Hall–Kier alpha value is -4.68. The molecular formula is C30H23N3O7S2. The quantitative estimate of drug-likeness (QED) is 0.133. The zero-order valence-corrected chi connectivity index (χ0v) is 24.1. The lowest BCUT2D eigenvalue weighted by Gasteiger charge is -2.26. The number of hydrogen-bond acceptors (Lipinski definition) is 10. The maximum absolute atomic E-state index is 14.1. The predicted molar refractivity (Wildman–Crippen MR) is 159 cm³/mol. The summed E-state index contributed by atoms with van der Waals surface area (Å²) >= 11 is 2.66. The van der Waals surface area contributed by atoms with Crippen molar-refractivity contribution in [1.29, 1.82) is 0 Å². The van der Waals surface area contributed by atoms with E-state index in [0.717, 1.165) is 16.2 Å². The summed E-state index contributed by atoms with van der Waals surface area (Å²) in [4.78, 5) is 45.2. The van der Waals surface area contributed by atoms with Crippen LogP contribution in [0.15, 0.2) is 87.0 Å². The van der Waals surface area contributed by atoms with E-state index >= 15 is 0 Å². The van der Waals surface area contributed by atoms with E-state index in [1.54, 1.807) is 18.7 Å². The number of rotatable bonds is 7. The molecule has 0 bridgehead atoms. The normalized spacial score (nSPS) is 15.8. The lowest BCUT2D eigenvalue weighted by atomic mass is 9.93. The minimum atomic E-state index is -0.847. The number of nitro groups is 1. The molecule has 0 aliphatic carbocycles. The summed E-state index contributed by atoms with van der Waals surface area (Å²) < 4.78 is 17.9. The number of nitrogens with zero attached hydrogens (tertiary/aromatic N) is 3. The van der Waals surface area contributed by atoms with Gasteiger partial charge < -0.3 is 14.2 Å². The van der Waals surface area contributed by atoms with Crippen molar-refractivity contribution < 1.29 is 23.9 Å². The smallest absolute Gasteiger partial charge is 0.338 e. The molecule has 6 rings (SSSR count). The number of thiazole rings is 1. The van der Waals surface area contributed by atoms with Crippen molar-refractivity contribution in [2.75, 3.05) is 19.7 Å². The van der Waals surface area contributed by atoms with Gasteiger partial charge in [0.15, 0.2) is 16.3 Å². The lowest BCUT2D eigenvalue weighted by molar-refractivity contribution is -0.385. The molecule has 1 atom stereocenters. The van der Waals surface area contributed by atoms with Gasteiger partial charge in [0.25, 0.3) is 11.2 Å². The monoisotopic (exact) mass is 601 g/mol. The van der Waals surface area contributed by atoms with E-state index in [0.29, 0.717) is 27.4 Å². The molecule has 0 radical (unpaired) electrons. The van der Waals surface area contributed by atoms with Crippen LogP contribution in [0.2, 0.25) is 0 Å². The number of carbonyl (C=O) groups excluding carboxylic acids is 1. The van der Waals surface area contributed by atoms with Crippen LogP contribution in [0.5, 0.6) is 11.5 Å². The molecule has 0 unspecified atom stereocenters. The van der Waals surface area contributed by atoms with Crippen LogP contribution in [0.4, 0.5) is 5.69 Å². The van der Waals surface area contributed by atoms with E-state index in [-0.39, 0.29) is 40.5 Å². The topological polar surface area (TPSA) is 122 Å². The summed E-state index contributed by atoms with van der Waals surface area (Å²) in [6.45, 7) is 1.81. The first-order valence-electron chi connectivity index (χ1n) is 12.9. The fourth-order valence-electron chi connectivity index (χ4n) is 4.90. The van der Waals surface area contributed by atoms with Gasteiger partial charge in [-0.25, -0.2) is 9.79 Å². The molecule has 212 valence electrons. The number of carbonyl (C=O) groups is 1. The van der Waals surface area contributed by atoms with Crippen LogP contribution in [-0.2, 0) is 9.53 Å². The number of fused-ring (bicyclic) bond motifs is 2. The Labute approximate surface area is 247 Å². The van der Waals surface area contributed by atoms with E-state index in [2.05, 4.69) is 0 Å². The molecule has 10 nitrogen and oxygen atoms in total. The minimum absolute atomic E-state index is 0.0493. The first kappa shape index (κ1) is 27.5. The average Bonchev–Trinajstić information content (AvgIpc) is 3.59. The van der Waals surface area contributed by atoms with Gasteiger partial charge in [-0.05, 0) is 43.0 Å². The molecular weight excluding hydrogens is 578 g/mol. The molecule has 0 N–H and O–H groups in total. The highest BCUT2D eigenvalue weighted by molar-refractivity contribution is 7.98. The number of ether oxygens (including phenoxy) is 3. The van der Waals surface area contributed by atoms with Crippen molar-refractivity contribution in [2.45, 2.75) is 17.9 Å². The third kappa shape index (κ3) is 4.88. The number of thioether (sulfide) groups is 1. The van der Waals surface area contributed by atoms with Gasteiger partial charge in [-0.1, -0.05) is 53.8 Å². The van der Waals surface area contributed by atoms with Crippen molar-refractivity contribution in [3.05, 3.63) is 119 Å². The van der Waals surface area contributed by atoms with E-state index < -0.39 is 22.5 Å². The number of aromatic nitrogens is 1. The van der Waals surface area contributed by atoms with E-state index in [1.165, 1.54) is 22.8 Å². The Kier molecular flexibility index (Phi) is 7.40. The molecule has 0 saturated heterocycles. The van der Waals surface area contributed by atoms with Gasteiger partial charge in [0, 0.05) is 10.5 Å². The standard InChI is InChI=1S/C30H23N3O7S2/c1-3-38-29(35)25-26(17-7-5-4-6-8-17)31-30-32(27(25)18-9-11-20(41-2)12-10-18)28(34)24(42-30)14-19-13-22-23(40-16-39-22)15-21(19)33(36)37/h4-15,27H,3,16H2,1-2H3/b24-14-/t27-/m1/s1. The van der Waals surface area contributed by atoms with Crippen LogP contribution >= 0.6 is 23.1 Å². The van der Waals surface area contributed by atoms with Crippen LogP contribution in [0, 0.1) is 10.1 Å². The summed E-state index contributed by atoms with van der Waals surface area (Å²) in [6, 6.07) is 18.8. The van der Waals surface area contributed by atoms with Crippen LogP contribution in [0.25, 0.3) is 11.8 Å². The molecule has 12 heteroatoms. The maximum atomic E-state index is 14.1. The SMILES string of the molecule is CCOC(=O)C1=C(c2ccccc2)N=c2s/c(=C\c3cc4c(cc3[N+](=O)[O-])OCO4)c(=O)n2[C@@H]1c1ccc(SC)cc1. The largest absolute Gasteiger partial charge is 0.463 e. The van der Waals surface area contributed by atoms with Crippen LogP contribution in [0.3, 0.4) is 0 Å². The summed E-state index contributed by atoms with van der Waals surface area (Å²) in [5.74, 6) is 0.0302. The van der Waals surface area contributed by atoms with Gasteiger partial charge in [0.05, 0.1) is 45.0 Å². The van der Waals surface area contributed by atoms with Gasteiger partial charge in [-0.15, -0.1) is 11.8 Å². The maximum Gasteiger partial charge on any atom is 0.338 e.